The van der Waals surface area contributed by atoms with Crippen LogP contribution in [-0.2, 0) is 0 Å². The van der Waals surface area contributed by atoms with Gasteiger partial charge in [0, 0.05) is 6.07 Å². The third-order valence-corrected chi connectivity index (χ3v) is 3.08. The second-order valence-electron chi connectivity index (χ2n) is 4.35. The third kappa shape index (κ3) is 2.59. The van der Waals surface area contributed by atoms with Gasteiger partial charge in [0.2, 0.25) is 5.75 Å². The molecule has 1 aromatic carbocycles. The number of para-hydroxylation sites is 1. The van der Waals surface area contributed by atoms with E-state index >= 15 is 0 Å². The summed E-state index contributed by atoms with van der Waals surface area (Å²) in [5, 5.41) is 20.5. The molecule has 1 aliphatic rings. The van der Waals surface area contributed by atoms with E-state index in [9.17, 15) is 19.6 Å². The minimum Gasteiger partial charge on any atom is -0.479 e. The van der Waals surface area contributed by atoms with Crippen molar-refractivity contribution in [3.63, 3.8) is 0 Å². The van der Waals surface area contributed by atoms with Crippen LogP contribution >= 0.6 is 0 Å². The highest BCUT2D eigenvalue weighted by Crippen LogP contribution is 2.33. The predicted octanol–water partition coefficient (Wildman–Crippen LogP) is 2.42. The van der Waals surface area contributed by atoms with Gasteiger partial charge in [-0.15, -0.1) is 0 Å². The van der Waals surface area contributed by atoms with Gasteiger partial charge in [0.15, 0.2) is 5.82 Å². The van der Waals surface area contributed by atoms with Crippen LogP contribution in [0.5, 0.6) is 5.75 Å². The Morgan fingerprint density at radius 3 is 2.78 bits per heavy atom. The molecule has 0 saturated heterocycles. The number of ether oxygens (including phenoxy) is 1. The Kier molecular flexibility index (Phi) is 3.76. The van der Waals surface area contributed by atoms with Crippen molar-refractivity contribution in [1.29, 1.82) is 0 Å². The van der Waals surface area contributed by atoms with Crippen molar-refractivity contribution in [3.8, 4) is 5.75 Å². The Morgan fingerprint density at radius 1 is 1.39 bits per heavy atom. The molecule has 18 heavy (non-hydrogen) atoms. The Labute approximate surface area is 103 Å². The fourth-order valence-electron chi connectivity index (χ4n) is 2.12. The molecule has 0 heterocycles. The average Bonchev–Trinajstić information content (AvgIpc) is 2.34. The van der Waals surface area contributed by atoms with Crippen molar-refractivity contribution in [3.05, 3.63) is 34.1 Å². The van der Waals surface area contributed by atoms with Crippen LogP contribution in [0, 0.1) is 15.9 Å². The SMILES string of the molecule is O=[N+]([O-])c1cccc(F)c1O[C@@H]1CCCC[C@H]1O. The van der Waals surface area contributed by atoms with Gasteiger partial charge in [0.1, 0.15) is 6.10 Å². The maximum absolute atomic E-state index is 13.6. The zero-order valence-electron chi connectivity index (χ0n) is 9.71. The van der Waals surface area contributed by atoms with E-state index in [0.717, 1.165) is 18.9 Å². The van der Waals surface area contributed by atoms with E-state index in [2.05, 4.69) is 0 Å². The lowest BCUT2D eigenvalue weighted by atomic mass is 9.95. The first-order valence-corrected chi connectivity index (χ1v) is 5.87. The van der Waals surface area contributed by atoms with Gasteiger partial charge in [0.25, 0.3) is 0 Å². The topological polar surface area (TPSA) is 72.6 Å². The van der Waals surface area contributed by atoms with E-state index in [1.165, 1.54) is 12.1 Å². The maximum atomic E-state index is 13.6. The van der Waals surface area contributed by atoms with E-state index in [4.69, 9.17) is 4.74 Å². The van der Waals surface area contributed by atoms with Gasteiger partial charge in [-0.25, -0.2) is 4.39 Å². The highest BCUT2D eigenvalue weighted by Gasteiger charge is 2.29. The van der Waals surface area contributed by atoms with Crippen LogP contribution in [0.3, 0.4) is 0 Å². The summed E-state index contributed by atoms with van der Waals surface area (Å²) in [4.78, 5) is 10.1. The molecule has 98 valence electrons. The summed E-state index contributed by atoms with van der Waals surface area (Å²) in [7, 11) is 0. The molecule has 0 unspecified atom stereocenters. The molecule has 0 bridgehead atoms. The fourth-order valence-corrected chi connectivity index (χ4v) is 2.12. The molecule has 1 fully saturated rings. The van der Waals surface area contributed by atoms with Gasteiger partial charge in [-0.3, -0.25) is 10.1 Å². The number of nitro groups is 1. The third-order valence-electron chi connectivity index (χ3n) is 3.08. The molecule has 1 aromatic rings. The average molecular weight is 255 g/mol. The predicted molar refractivity (Wildman–Crippen MR) is 61.9 cm³/mol. The molecular weight excluding hydrogens is 241 g/mol. The van der Waals surface area contributed by atoms with Crippen LogP contribution in [0.2, 0.25) is 0 Å². The number of aliphatic hydroxyl groups is 1. The van der Waals surface area contributed by atoms with Gasteiger partial charge in [-0.2, -0.15) is 0 Å². The molecule has 0 aliphatic heterocycles. The summed E-state index contributed by atoms with van der Waals surface area (Å²) in [5.74, 6) is -1.16. The Hall–Kier alpha value is -1.69. The zero-order valence-corrected chi connectivity index (χ0v) is 9.71. The number of hydrogen-bond acceptors (Lipinski definition) is 4. The molecule has 1 aliphatic carbocycles. The number of nitro benzene ring substituents is 1. The quantitative estimate of drug-likeness (QED) is 0.665. The van der Waals surface area contributed by atoms with Crippen molar-refractivity contribution in [2.45, 2.75) is 37.9 Å². The first kappa shape index (κ1) is 12.8. The summed E-state index contributed by atoms with van der Waals surface area (Å²) >= 11 is 0. The molecule has 6 heteroatoms. The van der Waals surface area contributed by atoms with Gasteiger partial charge < -0.3 is 9.84 Å². The molecule has 1 N–H and O–H groups in total. The maximum Gasteiger partial charge on any atom is 0.314 e. The fraction of sp³-hybridized carbons (Fsp3) is 0.500. The molecule has 1 saturated carbocycles. The lowest BCUT2D eigenvalue weighted by Gasteiger charge is -2.28. The van der Waals surface area contributed by atoms with Gasteiger partial charge in [-0.1, -0.05) is 12.5 Å². The minimum absolute atomic E-state index is 0.381. The number of rotatable bonds is 3. The van der Waals surface area contributed by atoms with Crippen molar-refractivity contribution < 1.29 is 19.2 Å². The van der Waals surface area contributed by atoms with Crippen LogP contribution in [0.4, 0.5) is 10.1 Å². The monoisotopic (exact) mass is 255 g/mol. The number of aliphatic hydroxyl groups excluding tert-OH is 1. The van der Waals surface area contributed by atoms with Gasteiger partial charge in [0.05, 0.1) is 11.0 Å². The second-order valence-corrected chi connectivity index (χ2v) is 4.35. The lowest BCUT2D eigenvalue weighted by Crippen LogP contribution is -2.35. The first-order valence-electron chi connectivity index (χ1n) is 5.87. The Balaban J connectivity index is 2.24. The van der Waals surface area contributed by atoms with E-state index in [-0.39, 0.29) is 5.75 Å². The number of hydrogen-bond donors (Lipinski definition) is 1. The highest BCUT2D eigenvalue weighted by atomic mass is 19.1. The molecule has 0 aromatic heterocycles. The molecular formula is C12H14FNO4. The second kappa shape index (κ2) is 5.30. The summed E-state index contributed by atoms with van der Waals surface area (Å²) in [6.07, 6.45) is 1.64. The van der Waals surface area contributed by atoms with E-state index in [1.807, 2.05) is 0 Å². The van der Waals surface area contributed by atoms with Crippen molar-refractivity contribution in [2.75, 3.05) is 0 Å². The molecule has 2 atom stereocenters. The van der Waals surface area contributed by atoms with Crippen LogP contribution in [0.1, 0.15) is 25.7 Å². The summed E-state index contributed by atoms with van der Waals surface area (Å²) in [6.45, 7) is 0. The number of halogens is 1. The molecule has 0 amide bonds. The Morgan fingerprint density at radius 2 is 2.11 bits per heavy atom. The van der Waals surface area contributed by atoms with Crippen LogP contribution in [0.15, 0.2) is 18.2 Å². The summed E-state index contributed by atoms with van der Waals surface area (Å²) < 4.78 is 18.9. The summed E-state index contributed by atoms with van der Waals surface area (Å²) in [6, 6.07) is 3.56. The summed E-state index contributed by atoms with van der Waals surface area (Å²) in [5.41, 5.74) is -0.409. The van der Waals surface area contributed by atoms with Crippen molar-refractivity contribution in [1.82, 2.24) is 0 Å². The van der Waals surface area contributed by atoms with E-state index < -0.39 is 28.6 Å². The highest BCUT2D eigenvalue weighted by molar-refractivity contribution is 5.47. The van der Waals surface area contributed by atoms with E-state index in [0.29, 0.717) is 12.8 Å². The standard InChI is InChI=1S/C12H14FNO4/c13-8-4-3-5-9(14(16)17)12(8)18-11-7-2-1-6-10(11)15/h3-5,10-11,15H,1-2,6-7H2/t10-,11-/m1/s1. The molecule has 5 nitrogen and oxygen atoms in total. The van der Waals surface area contributed by atoms with Crippen molar-refractivity contribution in [2.24, 2.45) is 0 Å². The zero-order chi connectivity index (χ0) is 13.1. The van der Waals surface area contributed by atoms with E-state index in [1.54, 1.807) is 0 Å². The van der Waals surface area contributed by atoms with Crippen molar-refractivity contribution >= 4 is 5.69 Å². The lowest BCUT2D eigenvalue weighted by molar-refractivity contribution is -0.386. The minimum atomic E-state index is -0.776. The molecule has 0 radical (unpaired) electrons. The smallest absolute Gasteiger partial charge is 0.314 e. The number of nitrogens with zero attached hydrogens (tertiary/aromatic N) is 1. The van der Waals surface area contributed by atoms with Crippen LogP contribution in [-0.4, -0.2) is 22.2 Å². The largest absolute Gasteiger partial charge is 0.479 e. The van der Waals surface area contributed by atoms with Gasteiger partial charge in [-0.05, 0) is 25.3 Å². The van der Waals surface area contributed by atoms with Gasteiger partial charge >= 0.3 is 5.69 Å². The normalized spacial score (nSPS) is 23.7. The first-order chi connectivity index (χ1) is 8.59. The molecule has 0 spiro atoms. The Bertz CT molecular complexity index is 452. The number of benzene rings is 1. The van der Waals surface area contributed by atoms with Crippen LogP contribution < -0.4 is 4.74 Å². The van der Waals surface area contributed by atoms with Crippen LogP contribution in [0.25, 0.3) is 0 Å². The molecule has 2 rings (SSSR count).